The van der Waals surface area contributed by atoms with Gasteiger partial charge in [-0.2, -0.15) is 0 Å². The van der Waals surface area contributed by atoms with Crippen LogP contribution in [0, 0.1) is 11.8 Å². The quantitative estimate of drug-likeness (QED) is 0.867. The molecular formula is C12H23N5. The fraction of sp³-hybridized carbons (Fsp3) is 0.917. The third kappa shape index (κ3) is 2.83. The first kappa shape index (κ1) is 12.5. The molecule has 0 spiro atoms. The minimum Gasteiger partial charge on any atom is -0.310 e. The third-order valence-electron chi connectivity index (χ3n) is 3.79. The summed E-state index contributed by atoms with van der Waals surface area (Å²) in [5, 5.41) is 15.4. The number of nitrogens with zero attached hydrogens (tertiary/aromatic N) is 4. The summed E-state index contributed by atoms with van der Waals surface area (Å²) >= 11 is 0. The van der Waals surface area contributed by atoms with Gasteiger partial charge in [-0.3, -0.25) is 0 Å². The van der Waals surface area contributed by atoms with Crippen LogP contribution in [0.3, 0.4) is 0 Å². The van der Waals surface area contributed by atoms with Crippen molar-refractivity contribution in [1.82, 2.24) is 25.5 Å². The van der Waals surface area contributed by atoms with Gasteiger partial charge < -0.3 is 5.32 Å². The van der Waals surface area contributed by atoms with E-state index in [1.54, 1.807) is 0 Å². The van der Waals surface area contributed by atoms with E-state index < -0.39 is 0 Å². The van der Waals surface area contributed by atoms with E-state index in [0.29, 0.717) is 12.0 Å². The molecule has 0 bridgehead atoms. The van der Waals surface area contributed by atoms with Crippen molar-refractivity contribution in [3.63, 3.8) is 0 Å². The zero-order valence-corrected chi connectivity index (χ0v) is 11.1. The summed E-state index contributed by atoms with van der Waals surface area (Å²) in [6.07, 6.45) is 3.77. The molecule has 1 aliphatic rings. The number of hydrogen-bond acceptors (Lipinski definition) is 4. The summed E-state index contributed by atoms with van der Waals surface area (Å²) in [5.74, 6) is 2.48. The minimum absolute atomic E-state index is 0.481. The SMILES string of the molecule is CCNCc1nnnn1C1CCC(C)CC1C. The smallest absolute Gasteiger partial charge is 0.165 e. The second kappa shape index (κ2) is 5.58. The predicted octanol–water partition coefficient (Wildman–Crippen LogP) is 1.78. The van der Waals surface area contributed by atoms with Gasteiger partial charge in [0.05, 0.1) is 12.6 Å². The van der Waals surface area contributed by atoms with Crippen LogP contribution in [0.25, 0.3) is 0 Å². The summed E-state index contributed by atoms with van der Waals surface area (Å²) in [7, 11) is 0. The van der Waals surface area contributed by atoms with E-state index in [1.807, 2.05) is 4.68 Å². The Kier molecular flexibility index (Phi) is 4.10. The second-order valence-electron chi connectivity index (χ2n) is 5.28. The minimum atomic E-state index is 0.481. The summed E-state index contributed by atoms with van der Waals surface area (Å²) in [4.78, 5) is 0. The van der Waals surface area contributed by atoms with Crippen molar-refractivity contribution in [3.8, 4) is 0 Å². The molecule has 2 rings (SSSR count). The van der Waals surface area contributed by atoms with Gasteiger partial charge in [0.15, 0.2) is 5.82 Å². The molecule has 3 unspecified atom stereocenters. The van der Waals surface area contributed by atoms with Crippen LogP contribution in [0.2, 0.25) is 0 Å². The van der Waals surface area contributed by atoms with Crippen molar-refractivity contribution in [2.75, 3.05) is 6.54 Å². The summed E-state index contributed by atoms with van der Waals surface area (Å²) in [6, 6.07) is 0.481. The second-order valence-corrected chi connectivity index (χ2v) is 5.28. The Bertz CT molecular complexity index is 348. The van der Waals surface area contributed by atoms with Crippen LogP contribution in [0.1, 0.15) is 51.9 Å². The van der Waals surface area contributed by atoms with Crippen molar-refractivity contribution in [3.05, 3.63) is 5.82 Å². The average molecular weight is 237 g/mol. The van der Waals surface area contributed by atoms with Crippen LogP contribution >= 0.6 is 0 Å². The van der Waals surface area contributed by atoms with E-state index in [1.165, 1.54) is 19.3 Å². The Balaban J connectivity index is 2.08. The lowest BCUT2D eigenvalue weighted by Crippen LogP contribution is -2.28. The molecule has 1 fully saturated rings. The predicted molar refractivity (Wildman–Crippen MR) is 66.4 cm³/mol. The molecule has 1 saturated carbocycles. The third-order valence-corrected chi connectivity index (χ3v) is 3.79. The van der Waals surface area contributed by atoms with E-state index in [2.05, 4.69) is 41.6 Å². The van der Waals surface area contributed by atoms with Crippen LogP contribution in [0.4, 0.5) is 0 Å². The van der Waals surface area contributed by atoms with E-state index in [9.17, 15) is 0 Å². The normalized spacial score (nSPS) is 29.5. The van der Waals surface area contributed by atoms with Crippen LogP contribution in [-0.2, 0) is 6.54 Å². The highest BCUT2D eigenvalue weighted by atomic mass is 15.6. The topological polar surface area (TPSA) is 55.6 Å². The lowest BCUT2D eigenvalue weighted by molar-refractivity contribution is 0.189. The molecule has 0 radical (unpaired) electrons. The van der Waals surface area contributed by atoms with Gasteiger partial charge in [-0.25, -0.2) is 4.68 Å². The van der Waals surface area contributed by atoms with E-state index in [-0.39, 0.29) is 0 Å². The molecule has 1 aliphatic carbocycles. The van der Waals surface area contributed by atoms with E-state index in [4.69, 9.17) is 0 Å². The molecule has 5 heteroatoms. The zero-order valence-electron chi connectivity index (χ0n) is 11.1. The molecular weight excluding hydrogens is 214 g/mol. The van der Waals surface area contributed by atoms with E-state index >= 15 is 0 Å². The first-order chi connectivity index (χ1) is 8.22. The molecule has 1 aromatic heterocycles. The number of hydrogen-bond donors (Lipinski definition) is 1. The molecule has 17 heavy (non-hydrogen) atoms. The maximum atomic E-state index is 4.18. The van der Waals surface area contributed by atoms with Gasteiger partial charge in [-0.15, -0.1) is 5.10 Å². The summed E-state index contributed by atoms with van der Waals surface area (Å²) in [6.45, 7) is 8.47. The Morgan fingerprint density at radius 3 is 2.88 bits per heavy atom. The molecule has 0 aliphatic heterocycles. The summed E-state index contributed by atoms with van der Waals surface area (Å²) in [5.41, 5.74) is 0. The van der Waals surface area contributed by atoms with E-state index in [0.717, 1.165) is 24.8 Å². The standard InChI is InChI=1S/C12H23N5/c1-4-13-8-12-14-15-16-17(12)11-6-5-9(2)7-10(11)3/h9-11,13H,4-8H2,1-3H3. The largest absolute Gasteiger partial charge is 0.310 e. The van der Waals surface area contributed by atoms with Gasteiger partial charge in [-0.05, 0) is 48.1 Å². The monoisotopic (exact) mass is 237 g/mol. The molecule has 1 heterocycles. The maximum absolute atomic E-state index is 4.18. The Morgan fingerprint density at radius 2 is 2.18 bits per heavy atom. The van der Waals surface area contributed by atoms with Gasteiger partial charge in [0.2, 0.25) is 0 Å². The molecule has 5 nitrogen and oxygen atoms in total. The highest BCUT2D eigenvalue weighted by molar-refractivity contribution is 4.88. The van der Waals surface area contributed by atoms with Crippen LogP contribution < -0.4 is 5.32 Å². The number of nitrogens with one attached hydrogen (secondary N) is 1. The van der Waals surface area contributed by atoms with Gasteiger partial charge in [0, 0.05) is 0 Å². The molecule has 3 atom stereocenters. The van der Waals surface area contributed by atoms with Crippen LogP contribution in [0.15, 0.2) is 0 Å². The number of aromatic nitrogens is 4. The Morgan fingerprint density at radius 1 is 1.35 bits per heavy atom. The molecule has 0 saturated heterocycles. The molecule has 96 valence electrons. The van der Waals surface area contributed by atoms with Crippen molar-refractivity contribution in [2.24, 2.45) is 11.8 Å². The van der Waals surface area contributed by atoms with Crippen LogP contribution in [-0.4, -0.2) is 26.8 Å². The van der Waals surface area contributed by atoms with Gasteiger partial charge in [0.1, 0.15) is 0 Å². The van der Waals surface area contributed by atoms with Gasteiger partial charge in [0.25, 0.3) is 0 Å². The fourth-order valence-corrected chi connectivity index (χ4v) is 2.84. The van der Waals surface area contributed by atoms with Crippen molar-refractivity contribution < 1.29 is 0 Å². The fourth-order valence-electron chi connectivity index (χ4n) is 2.84. The lowest BCUT2D eigenvalue weighted by Gasteiger charge is -2.32. The maximum Gasteiger partial charge on any atom is 0.165 e. The molecule has 0 amide bonds. The van der Waals surface area contributed by atoms with Crippen LogP contribution in [0.5, 0.6) is 0 Å². The lowest BCUT2D eigenvalue weighted by atomic mass is 9.80. The first-order valence-corrected chi connectivity index (χ1v) is 6.69. The van der Waals surface area contributed by atoms with Gasteiger partial charge in [-0.1, -0.05) is 20.8 Å². The summed E-state index contributed by atoms with van der Waals surface area (Å²) < 4.78 is 2.04. The highest BCUT2D eigenvalue weighted by Gasteiger charge is 2.29. The zero-order chi connectivity index (χ0) is 12.3. The van der Waals surface area contributed by atoms with Crippen molar-refractivity contribution >= 4 is 0 Å². The molecule has 0 aromatic carbocycles. The molecule has 1 aromatic rings. The molecule has 1 N–H and O–H groups in total. The first-order valence-electron chi connectivity index (χ1n) is 6.69. The Hall–Kier alpha value is -0.970. The van der Waals surface area contributed by atoms with Crippen molar-refractivity contribution in [1.29, 1.82) is 0 Å². The van der Waals surface area contributed by atoms with Gasteiger partial charge >= 0.3 is 0 Å². The average Bonchev–Trinajstić information content (AvgIpc) is 2.74. The highest BCUT2D eigenvalue weighted by Crippen LogP contribution is 2.36. The number of rotatable bonds is 4. The Labute approximate surface area is 103 Å². The van der Waals surface area contributed by atoms with Crippen molar-refractivity contribution in [2.45, 2.75) is 52.6 Å². The number of tetrazole rings is 1.